The second kappa shape index (κ2) is 5.48. The average molecular weight is 324 g/mol. The van der Waals surface area contributed by atoms with Gasteiger partial charge >= 0.3 is 0 Å². The van der Waals surface area contributed by atoms with Crippen LogP contribution < -0.4 is 11.5 Å². The fourth-order valence-electron chi connectivity index (χ4n) is 2.69. The van der Waals surface area contributed by atoms with Gasteiger partial charge in [-0.25, -0.2) is 0 Å². The van der Waals surface area contributed by atoms with Gasteiger partial charge in [-0.1, -0.05) is 36.4 Å². The molecule has 0 radical (unpaired) electrons. The summed E-state index contributed by atoms with van der Waals surface area (Å²) in [6.45, 7) is 0. The first-order chi connectivity index (χ1) is 10.7. The molecule has 0 amide bonds. The van der Waals surface area contributed by atoms with E-state index in [-0.39, 0.29) is 12.1 Å². The van der Waals surface area contributed by atoms with Gasteiger partial charge in [0.15, 0.2) is 0 Å². The van der Waals surface area contributed by atoms with Gasteiger partial charge < -0.3 is 11.5 Å². The average Bonchev–Trinajstić information content (AvgIpc) is 3.16. The maximum Gasteiger partial charge on any atom is 0.0594 e. The first kappa shape index (κ1) is 13.9. The van der Waals surface area contributed by atoms with Crippen molar-refractivity contribution < 1.29 is 0 Å². The minimum atomic E-state index is -0.175. The molecule has 0 spiro atoms. The third-order valence-electron chi connectivity index (χ3n) is 3.93. The number of hydrogen-bond acceptors (Lipinski definition) is 4. The van der Waals surface area contributed by atoms with Crippen molar-refractivity contribution in [2.75, 3.05) is 0 Å². The lowest BCUT2D eigenvalue weighted by Crippen LogP contribution is -2.24. The van der Waals surface area contributed by atoms with Gasteiger partial charge in [-0.3, -0.25) is 0 Å². The topological polar surface area (TPSA) is 52.0 Å². The summed E-state index contributed by atoms with van der Waals surface area (Å²) in [5.41, 5.74) is 12.9. The van der Waals surface area contributed by atoms with E-state index in [9.17, 15) is 0 Å². The Balaban J connectivity index is 1.70. The number of fused-ring (bicyclic) bond motifs is 2. The molecule has 0 fully saturated rings. The molecule has 4 rings (SSSR count). The van der Waals surface area contributed by atoms with Crippen LogP contribution in [0.1, 0.15) is 21.8 Å². The van der Waals surface area contributed by atoms with E-state index in [4.69, 9.17) is 11.5 Å². The standard InChI is InChI=1S/C18H16N2S2/c19-17(15-9-11-5-1-3-7-13(11)21-15)18(20)16-10-12-6-2-4-8-14(12)22-16/h1-10,17-18H,19-20H2. The van der Waals surface area contributed by atoms with Gasteiger partial charge in [0, 0.05) is 19.2 Å². The monoisotopic (exact) mass is 324 g/mol. The minimum Gasteiger partial charge on any atom is -0.322 e. The summed E-state index contributed by atoms with van der Waals surface area (Å²) in [7, 11) is 0. The SMILES string of the molecule is NC(c1cc2ccccc2s1)C(N)c1cc2ccccc2s1. The van der Waals surface area contributed by atoms with Gasteiger partial charge in [0.1, 0.15) is 0 Å². The molecule has 2 aromatic carbocycles. The van der Waals surface area contributed by atoms with Gasteiger partial charge in [-0.15, -0.1) is 22.7 Å². The molecule has 110 valence electrons. The lowest BCUT2D eigenvalue weighted by atomic mass is 10.1. The Morgan fingerprint density at radius 1 is 0.636 bits per heavy atom. The fraction of sp³-hybridized carbons (Fsp3) is 0.111. The molecule has 0 aliphatic rings. The van der Waals surface area contributed by atoms with Crippen molar-refractivity contribution in [2.45, 2.75) is 12.1 Å². The molecule has 22 heavy (non-hydrogen) atoms. The van der Waals surface area contributed by atoms with E-state index in [1.807, 2.05) is 0 Å². The van der Waals surface area contributed by atoms with Crippen molar-refractivity contribution in [3.8, 4) is 0 Å². The van der Waals surface area contributed by atoms with Crippen LogP contribution in [0.4, 0.5) is 0 Å². The number of benzene rings is 2. The summed E-state index contributed by atoms with van der Waals surface area (Å²) in [5.74, 6) is 0. The Morgan fingerprint density at radius 2 is 1.05 bits per heavy atom. The summed E-state index contributed by atoms with van der Waals surface area (Å²) in [5, 5.41) is 2.47. The van der Waals surface area contributed by atoms with Gasteiger partial charge in [0.25, 0.3) is 0 Å². The molecule has 2 aromatic heterocycles. The van der Waals surface area contributed by atoms with Crippen LogP contribution >= 0.6 is 22.7 Å². The van der Waals surface area contributed by atoms with Crippen molar-refractivity contribution in [3.05, 3.63) is 70.4 Å². The highest BCUT2D eigenvalue weighted by Crippen LogP contribution is 2.37. The molecule has 2 unspecified atom stereocenters. The van der Waals surface area contributed by atoms with Crippen LogP contribution in [-0.2, 0) is 0 Å². The highest BCUT2D eigenvalue weighted by atomic mass is 32.1. The van der Waals surface area contributed by atoms with Crippen LogP contribution in [0.15, 0.2) is 60.7 Å². The fourth-order valence-corrected chi connectivity index (χ4v) is 4.92. The minimum absolute atomic E-state index is 0.175. The summed E-state index contributed by atoms with van der Waals surface area (Å²) in [6.07, 6.45) is 0. The number of hydrogen-bond donors (Lipinski definition) is 2. The van der Waals surface area contributed by atoms with E-state index in [0.29, 0.717) is 0 Å². The molecule has 0 aliphatic carbocycles. The number of rotatable bonds is 3. The lowest BCUT2D eigenvalue weighted by molar-refractivity contribution is 0.592. The summed E-state index contributed by atoms with van der Waals surface area (Å²) in [4.78, 5) is 2.29. The van der Waals surface area contributed by atoms with Crippen LogP contribution in [0.3, 0.4) is 0 Å². The van der Waals surface area contributed by atoms with E-state index in [0.717, 1.165) is 9.75 Å². The maximum absolute atomic E-state index is 6.45. The van der Waals surface area contributed by atoms with Crippen molar-refractivity contribution in [2.24, 2.45) is 11.5 Å². The van der Waals surface area contributed by atoms with Gasteiger partial charge in [-0.2, -0.15) is 0 Å². The first-order valence-electron chi connectivity index (χ1n) is 7.20. The highest BCUT2D eigenvalue weighted by molar-refractivity contribution is 7.19. The van der Waals surface area contributed by atoms with Crippen LogP contribution in [0.25, 0.3) is 20.2 Å². The van der Waals surface area contributed by atoms with Gasteiger partial charge in [-0.05, 0) is 35.0 Å². The Hall–Kier alpha value is -1.72. The summed E-state index contributed by atoms with van der Waals surface area (Å²) >= 11 is 3.47. The van der Waals surface area contributed by atoms with E-state index in [1.54, 1.807) is 22.7 Å². The molecule has 0 aliphatic heterocycles. The van der Waals surface area contributed by atoms with E-state index in [2.05, 4.69) is 60.7 Å². The second-order valence-corrected chi connectivity index (χ2v) is 7.66. The maximum atomic E-state index is 6.45. The molecule has 0 saturated heterocycles. The van der Waals surface area contributed by atoms with Crippen molar-refractivity contribution >= 4 is 42.8 Å². The van der Waals surface area contributed by atoms with Crippen LogP contribution in [0.5, 0.6) is 0 Å². The molecule has 2 atom stereocenters. The molecule has 4 aromatic rings. The summed E-state index contributed by atoms with van der Waals surface area (Å²) in [6, 6.07) is 20.7. The molecular weight excluding hydrogens is 308 g/mol. The third kappa shape index (κ3) is 2.34. The normalized spacial score (nSPS) is 14.5. The van der Waals surface area contributed by atoms with Crippen LogP contribution in [-0.4, -0.2) is 0 Å². The molecular formula is C18H16N2S2. The zero-order chi connectivity index (χ0) is 15.1. The second-order valence-electron chi connectivity index (χ2n) is 5.42. The van der Waals surface area contributed by atoms with Crippen molar-refractivity contribution in [1.82, 2.24) is 0 Å². The zero-order valence-electron chi connectivity index (χ0n) is 11.9. The number of nitrogens with two attached hydrogens (primary N) is 2. The molecule has 0 saturated carbocycles. The zero-order valence-corrected chi connectivity index (χ0v) is 13.5. The smallest absolute Gasteiger partial charge is 0.0594 e. The van der Waals surface area contributed by atoms with Gasteiger partial charge in [0.2, 0.25) is 0 Å². The van der Waals surface area contributed by atoms with Gasteiger partial charge in [0.05, 0.1) is 12.1 Å². The van der Waals surface area contributed by atoms with E-state index >= 15 is 0 Å². The van der Waals surface area contributed by atoms with Crippen molar-refractivity contribution in [1.29, 1.82) is 0 Å². The molecule has 2 heterocycles. The van der Waals surface area contributed by atoms with E-state index in [1.165, 1.54) is 20.2 Å². The Labute approximate surface area is 137 Å². The predicted molar refractivity (Wildman–Crippen MR) is 97.5 cm³/mol. The third-order valence-corrected chi connectivity index (χ3v) is 6.37. The quantitative estimate of drug-likeness (QED) is 0.568. The molecule has 2 nitrogen and oxygen atoms in total. The Kier molecular flexibility index (Phi) is 3.47. The van der Waals surface area contributed by atoms with Crippen molar-refractivity contribution in [3.63, 3.8) is 0 Å². The Bertz CT molecular complexity index is 794. The largest absolute Gasteiger partial charge is 0.322 e. The predicted octanol–water partition coefficient (Wildman–Crippen LogP) is 4.82. The lowest BCUT2D eigenvalue weighted by Gasteiger charge is -2.17. The van der Waals surface area contributed by atoms with E-state index < -0.39 is 0 Å². The van der Waals surface area contributed by atoms with Crippen LogP contribution in [0, 0.1) is 0 Å². The molecule has 4 N–H and O–H groups in total. The Morgan fingerprint density at radius 3 is 1.45 bits per heavy atom. The first-order valence-corrected chi connectivity index (χ1v) is 8.84. The number of thiophene rings is 2. The molecule has 0 bridgehead atoms. The molecule has 4 heteroatoms. The highest BCUT2D eigenvalue weighted by Gasteiger charge is 2.21. The van der Waals surface area contributed by atoms with Crippen LogP contribution in [0.2, 0.25) is 0 Å². The summed E-state index contributed by atoms with van der Waals surface area (Å²) < 4.78 is 2.52.